The number of aryl methyl sites for hydroxylation is 1. The molecular formula is C16H16N6O3S. The minimum absolute atomic E-state index is 0.242. The summed E-state index contributed by atoms with van der Waals surface area (Å²) in [6.07, 6.45) is 1.35. The highest BCUT2D eigenvalue weighted by Gasteiger charge is 2.21. The van der Waals surface area contributed by atoms with Crippen LogP contribution >= 0.6 is 11.3 Å². The predicted octanol–water partition coefficient (Wildman–Crippen LogP) is 0.185. The highest BCUT2D eigenvalue weighted by molar-refractivity contribution is 7.15. The van der Waals surface area contributed by atoms with Gasteiger partial charge in [-0.05, 0) is 12.5 Å². The van der Waals surface area contributed by atoms with E-state index in [1.165, 1.54) is 17.5 Å². The SMILES string of the molecule is Cc1cn(CC(=O)N[C@H](c2ccccc2)c2nnc(N)s2)c(=O)[nH]c1=O. The molecule has 26 heavy (non-hydrogen) atoms. The van der Waals surface area contributed by atoms with Crippen molar-refractivity contribution in [1.29, 1.82) is 0 Å². The van der Waals surface area contributed by atoms with Gasteiger partial charge >= 0.3 is 5.69 Å². The molecule has 2 aromatic heterocycles. The van der Waals surface area contributed by atoms with E-state index >= 15 is 0 Å². The standard InChI is InChI=1S/C16H16N6O3S/c1-9-7-22(16(25)19-13(9)24)8-11(23)18-12(10-5-3-2-4-6-10)14-20-21-15(17)26-14/h2-7,12H,8H2,1H3,(H2,17,21)(H,18,23)(H,19,24,25)/t12-/m1/s1. The summed E-state index contributed by atoms with van der Waals surface area (Å²) in [7, 11) is 0. The summed E-state index contributed by atoms with van der Waals surface area (Å²) in [5, 5.41) is 11.5. The summed E-state index contributed by atoms with van der Waals surface area (Å²) in [5.74, 6) is -0.416. The molecule has 0 fully saturated rings. The van der Waals surface area contributed by atoms with Crippen LogP contribution < -0.4 is 22.3 Å². The maximum Gasteiger partial charge on any atom is 0.328 e. The molecule has 1 aromatic carbocycles. The molecule has 0 radical (unpaired) electrons. The summed E-state index contributed by atoms with van der Waals surface area (Å²) in [4.78, 5) is 37.9. The summed E-state index contributed by atoms with van der Waals surface area (Å²) in [6.45, 7) is 1.32. The Bertz CT molecular complexity index is 1040. The third-order valence-electron chi connectivity index (χ3n) is 3.64. The molecule has 0 aliphatic carbocycles. The third-order valence-corrected chi connectivity index (χ3v) is 4.46. The van der Waals surface area contributed by atoms with Crippen molar-refractivity contribution in [3.05, 3.63) is 73.5 Å². The van der Waals surface area contributed by atoms with E-state index in [9.17, 15) is 14.4 Å². The number of anilines is 1. The van der Waals surface area contributed by atoms with Gasteiger partial charge in [0.05, 0.1) is 0 Å². The predicted molar refractivity (Wildman–Crippen MR) is 96.8 cm³/mol. The Morgan fingerprint density at radius 3 is 2.69 bits per heavy atom. The van der Waals surface area contributed by atoms with Crippen LogP contribution in [0.25, 0.3) is 0 Å². The number of rotatable bonds is 5. The molecule has 4 N–H and O–H groups in total. The molecule has 2 heterocycles. The van der Waals surface area contributed by atoms with E-state index in [0.717, 1.165) is 10.1 Å². The number of H-pyrrole nitrogens is 1. The lowest BCUT2D eigenvalue weighted by Gasteiger charge is -2.17. The molecule has 0 aliphatic rings. The minimum Gasteiger partial charge on any atom is -0.374 e. The highest BCUT2D eigenvalue weighted by atomic mass is 32.1. The van der Waals surface area contributed by atoms with Crippen molar-refractivity contribution in [2.45, 2.75) is 19.5 Å². The zero-order valence-electron chi connectivity index (χ0n) is 13.8. The largest absolute Gasteiger partial charge is 0.374 e. The average molecular weight is 372 g/mol. The molecule has 0 aliphatic heterocycles. The lowest BCUT2D eigenvalue weighted by atomic mass is 10.1. The first-order valence-corrected chi connectivity index (χ1v) is 8.49. The fraction of sp³-hybridized carbons (Fsp3) is 0.188. The number of aromatic amines is 1. The number of aromatic nitrogens is 4. The molecule has 3 aromatic rings. The first kappa shape index (κ1) is 17.5. The van der Waals surface area contributed by atoms with E-state index in [1.807, 2.05) is 30.3 Å². The van der Waals surface area contributed by atoms with Crippen molar-refractivity contribution in [1.82, 2.24) is 25.1 Å². The van der Waals surface area contributed by atoms with Crippen molar-refractivity contribution in [2.24, 2.45) is 0 Å². The van der Waals surface area contributed by atoms with Crippen molar-refractivity contribution in [3.8, 4) is 0 Å². The Morgan fingerprint density at radius 2 is 2.04 bits per heavy atom. The van der Waals surface area contributed by atoms with Gasteiger partial charge in [0.15, 0.2) is 0 Å². The highest BCUT2D eigenvalue weighted by Crippen LogP contribution is 2.25. The molecule has 0 unspecified atom stereocenters. The zero-order chi connectivity index (χ0) is 18.7. The van der Waals surface area contributed by atoms with E-state index in [0.29, 0.717) is 15.7 Å². The molecule has 0 spiro atoms. The monoisotopic (exact) mass is 372 g/mol. The molecule has 10 heteroatoms. The molecule has 0 bridgehead atoms. The van der Waals surface area contributed by atoms with Crippen LogP contribution in [0.1, 0.15) is 22.2 Å². The number of nitrogens with two attached hydrogens (primary N) is 1. The quantitative estimate of drug-likeness (QED) is 0.585. The second-order valence-corrected chi connectivity index (χ2v) is 6.63. The van der Waals surface area contributed by atoms with Crippen molar-refractivity contribution < 1.29 is 4.79 Å². The van der Waals surface area contributed by atoms with Gasteiger partial charge < -0.3 is 11.1 Å². The Hall–Kier alpha value is -3.27. The van der Waals surface area contributed by atoms with Gasteiger partial charge in [-0.2, -0.15) is 0 Å². The van der Waals surface area contributed by atoms with Crippen molar-refractivity contribution in [3.63, 3.8) is 0 Å². The molecule has 9 nitrogen and oxygen atoms in total. The smallest absolute Gasteiger partial charge is 0.328 e. The van der Waals surface area contributed by atoms with E-state index in [-0.39, 0.29) is 6.54 Å². The lowest BCUT2D eigenvalue weighted by Crippen LogP contribution is -2.38. The number of hydrogen-bond donors (Lipinski definition) is 3. The molecule has 3 rings (SSSR count). The summed E-state index contributed by atoms with van der Waals surface area (Å²) >= 11 is 1.17. The Morgan fingerprint density at radius 1 is 1.31 bits per heavy atom. The Kier molecular flexibility index (Phi) is 4.94. The van der Waals surface area contributed by atoms with Gasteiger partial charge in [-0.25, -0.2) is 4.79 Å². The van der Waals surface area contributed by atoms with E-state index in [2.05, 4.69) is 20.5 Å². The van der Waals surface area contributed by atoms with Crippen LogP contribution in [0.4, 0.5) is 5.13 Å². The number of hydrogen-bond acceptors (Lipinski definition) is 7. The van der Waals surface area contributed by atoms with Crippen LogP contribution in [0.15, 0.2) is 46.1 Å². The summed E-state index contributed by atoms with van der Waals surface area (Å²) < 4.78 is 1.14. The zero-order valence-corrected chi connectivity index (χ0v) is 14.6. The summed E-state index contributed by atoms with van der Waals surface area (Å²) in [6, 6.07) is 8.69. The topological polar surface area (TPSA) is 136 Å². The number of nitrogens with one attached hydrogen (secondary N) is 2. The van der Waals surface area contributed by atoms with Crippen LogP contribution in [0.2, 0.25) is 0 Å². The van der Waals surface area contributed by atoms with E-state index in [4.69, 9.17) is 5.73 Å². The molecule has 1 amide bonds. The van der Waals surface area contributed by atoms with Crippen LogP contribution in [-0.2, 0) is 11.3 Å². The van der Waals surface area contributed by atoms with Crippen molar-refractivity contribution in [2.75, 3.05) is 5.73 Å². The van der Waals surface area contributed by atoms with Crippen molar-refractivity contribution >= 4 is 22.4 Å². The number of amides is 1. The second-order valence-electron chi connectivity index (χ2n) is 5.59. The van der Waals surface area contributed by atoms with Gasteiger partial charge in [0.25, 0.3) is 5.56 Å². The number of nitrogen functional groups attached to an aromatic ring is 1. The van der Waals surface area contributed by atoms with Gasteiger partial charge in [-0.15, -0.1) is 10.2 Å². The molecule has 1 atom stereocenters. The normalized spacial score (nSPS) is 11.9. The van der Waals surface area contributed by atoms with Gasteiger partial charge in [0.1, 0.15) is 17.6 Å². The number of benzene rings is 1. The van der Waals surface area contributed by atoms with Gasteiger partial charge in [0, 0.05) is 11.8 Å². The second kappa shape index (κ2) is 7.31. The van der Waals surface area contributed by atoms with E-state index < -0.39 is 23.2 Å². The van der Waals surface area contributed by atoms with Crippen LogP contribution in [0, 0.1) is 6.92 Å². The maximum atomic E-state index is 12.5. The molecule has 0 saturated heterocycles. The van der Waals surface area contributed by atoms with Gasteiger partial charge in [0.2, 0.25) is 11.0 Å². The number of carbonyl (C=O) groups is 1. The minimum atomic E-state index is -0.646. The Labute approximate surface area is 151 Å². The first-order chi connectivity index (χ1) is 12.4. The summed E-state index contributed by atoms with van der Waals surface area (Å²) in [5.41, 5.74) is 5.68. The Balaban J connectivity index is 1.85. The number of nitrogens with zero attached hydrogens (tertiary/aromatic N) is 3. The molecular weight excluding hydrogens is 356 g/mol. The van der Waals surface area contributed by atoms with Crippen LogP contribution in [-0.4, -0.2) is 25.7 Å². The third kappa shape index (κ3) is 3.86. The van der Waals surface area contributed by atoms with Crippen LogP contribution in [0.5, 0.6) is 0 Å². The fourth-order valence-corrected chi connectivity index (χ4v) is 3.08. The van der Waals surface area contributed by atoms with Gasteiger partial charge in [-0.1, -0.05) is 41.7 Å². The maximum absolute atomic E-state index is 12.5. The first-order valence-electron chi connectivity index (χ1n) is 7.67. The van der Waals surface area contributed by atoms with Crippen LogP contribution in [0.3, 0.4) is 0 Å². The average Bonchev–Trinajstić information content (AvgIpc) is 3.04. The number of carbonyl (C=O) groups excluding carboxylic acids is 1. The lowest BCUT2D eigenvalue weighted by molar-refractivity contribution is -0.122. The molecule has 0 saturated carbocycles. The fourth-order valence-electron chi connectivity index (χ4n) is 2.39. The van der Waals surface area contributed by atoms with E-state index in [1.54, 1.807) is 6.92 Å². The van der Waals surface area contributed by atoms with Gasteiger partial charge in [-0.3, -0.25) is 19.1 Å². The molecule has 134 valence electrons.